The molecule has 1 fully saturated rings. The molecule has 1 aliphatic heterocycles. The summed E-state index contributed by atoms with van der Waals surface area (Å²) < 4.78 is 0. The molecule has 0 aromatic heterocycles. The Bertz CT molecular complexity index is 137. The van der Waals surface area contributed by atoms with Gasteiger partial charge in [-0.1, -0.05) is 12.2 Å². The van der Waals surface area contributed by atoms with Gasteiger partial charge in [-0.2, -0.15) is 0 Å². The van der Waals surface area contributed by atoms with Gasteiger partial charge in [-0.15, -0.1) is 0 Å². The lowest BCUT2D eigenvalue weighted by atomic mass is 10.2. The summed E-state index contributed by atoms with van der Waals surface area (Å²) in [5.41, 5.74) is 0. The van der Waals surface area contributed by atoms with E-state index < -0.39 is 0 Å². The molecule has 9 heavy (non-hydrogen) atoms. The summed E-state index contributed by atoms with van der Waals surface area (Å²) in [5.74, 6) is 0. The highest BCUT2D eigenvalue weighted by molar-refractivity contribution is 5.13. The standard InChI is InChI=1S/C7H12N2/c1-8-6-3-4-7(5-6)9(8)2/h3-4,6-7H,5H2,1-2H3. The first kappa shape index (κ1) is 5.45. The van der Waals surface area contributed by atoms with Crippen molar-refractivity contribution in [1.29, 1.82) is 0 Å². The van der Waals surface area contributed by atoms with Gasteiger partial charge in [-0.25, -0.2) is 10.0 Å². The van der Waals surface area contributed by atoms with Crippen molar-refractivity contribution >= 4 is 0 Å². The van der Waals surface area contributed by atoms with Gasteiger partial charge in [0.1, 0.15) is 0 Å². The zero-order valence-electron chi connectivity index (χ0n) is 5.91. The molecule has 0 aromatic rings. The molecular formula is C7H12N2. The second kappa shape index (κ2) is 1.58. The van der Waals surface area contributed by atoms with Gasteiger partial charge in [-0.3, -0.25) is 0 Å². The molecular weight excluding hydrogens is 112 g/mol. The molecule has 0 spiro atoms. The van der Waals surface area contributed by atoms with Gasteiger partial charge in [0.25, 0.3) is 0 Å². The molecule has 2 aliphatic rings. The maximum Gasteiger partial charge on any atom is 0.0441 e. The van der Waals surface area contributed by atoms with E-state index in [1.807, 2.05) is 0 Å². The Balaban J connectivity index is 2.26. The third-order valence-corrected chi connectivity index (χ3v) is 2.50. The maximum atomic E-state index is 2.30. The van der Waals surface area contributed by atoms with E-state index in [9.17, 15) is 0 Å². The van der Waals surface area contributed by atoms with Crippen LogP contribution in [0.1, 0.15) is 6.42 Å². The van der Waals surface area contributed by atoms with Gasteiger partial charge < -0.3 is 0 Å². The highest BCUT2D eigenvalue weighted by atomic mass is 15.6. The second-order valence-corrected chi connectivity index (χ2v) is 2.90. The molecule has 1 aliphatic carbocycles. The minimum Gasteiger partial charge on any atom is -0.238 e. The Labute approximate surface area is 55.7 Å². The van der Waals surface area contributed by atoms with E-state index in [0.717, 1.165) is 0 Å². The summed E-state index contributed by atoms with van der Waals surface area (Å²) in [6.45, 7) is 0. The molecule has 1 heterocycles. The molecule has 2 atom stereocenters. The SMILES string of the molecule is CN1C2C=CC(C2)N1C. The van der Waals surface area contributed by atoms with Crippen LogP contribution in [0.15, 0.2) is 12.2 Å². The molecule has 2 bridgehead atoms. The van der Waals surface area contributed by atoms with Crippen molar-refractivity contribution in [1.82, 2.24) is 10.0 Å². The molecule has 0 aromatic carbocycles. The maximum absolute atomic E-state index is 2.30. The van der Waals surface area contributed by atoms with Crippen molar-refractivity contribution < 1.29 is 0 Å². The first-order valence-corrected chi connectivity index (χ1v) is 3.43. The molecule has 2 nitrogen and oxygen atoms in total. The van der Waals surface area contributed by atoms with Crippen molar-refractivity contribution in [2.45, 2.75) is 18.5 Å². The Kier molecular flexibility index (Phi) is 0.957. The number of hydrazine groups is 1. The summed E-state index contributed by atoms with van der Waals surface area (Å²) >= 11 is 0. The molecule has 50 valence electrons. The van der Waals surface area contributed by atoms with Crippen LogP contribution in [-0.4, -0.2) is 36.2 Å². The van der Waals surface area contributed by atoms with Crippen molar-refractivity contribution in [2.75, 3.05) is 14.1 Å². The van der Waals surface area contributed by atoms with Crippen molar-refractivity contribution in [3.63, 3.8) is 0 Å². The lowest BCUT2D eigenvalue weighted by Gasteiger charge is -2.28. The number of hydrogen-bond acceptors (Lipinski definition) is 2. The highest BCUT2D eigenvalue weighted by Gasteiger charge is 2.35. The number of likely N-dealkylation sites (N-methyl/N-ethyl adjacent to an activating group) is 2. The number of fused-ring (bicyclic) bond motifs is 2. The fraction of sp³-hybridized carbons (Fsp3) is 0.714. The molecule has 0 radical (unpaired) electrons. The van der Waals surface area contributed by atoms with Crippen molar-refractivity contribution in [3.8, 4) is 0 Å². The van der Waals surface area contributed by atoms with E-state index >= 15 is 0 Å². The summed E-state index contributed by atoms with van der Waals surface area (Å²) in [5, 5.41) is 4.59. The first-order valence-electron chi connectivity index (χ1n) is 3.43. The van der Waals surface area contributed by atoms with Gasteiger partial charge >= 0.3 is 0 Å². The predicted octanol–water partition coefficient (Wildman–Crippen LogP) is 0.476. The second-order valence-electron chi connectivity index (χ2n) is 2.90. The van der Waals surface area contributed by atoms with Crippen LogP contribution in [0.5, 0.6) is 0 Å². The topological polar surface area (TPSA) is 6.48 Å². The number of hydrogen-bond donors (Lipinski definition) is 0. The summed E-state index contributed by atoms with van der Waals surface area (Å²) in [7, 11) is 4.29. The van der Waals surface area contributed by atoms with Crippen LogP contribution in [0, 0.1) is 0 Å². The Morgan fingerprint density at radius 1 is 1.11 bits per heavy atom. The van der Waals surface area contributed by atoms with Crippen LogP contribution in [-0.2, 0) is 0 Å². The molecule has 1 saturated heterocycles. The molecule has 0 amide bonds. The fourth-order valence-electron chi connectivity index (χ4n) is 1.68. The summed E-state index contributed by atoms with van der Waals surface area (Å²) in [4.78, 5) is 0. The molecule has 0 saturated carbocycles. The minimum atomic E-state index is 0.694. The van der Waals surface area contributed by atoms with Gasteiger partial charge in [0.15, 0.2) is 0 Å². The van der Waals surface area contributed by atoms with Crippen molar-refractivity contribution in [3.05, 3.63) is 12.2 Å². The van der Waals surface area contributed by atoms with Gasteiger partial charge in [-0.05, 0) is 6.42 Å². The smallest absolute Gasteiger partial charge is 0.0441 e. The van der Waals surface area contributed by atoms with Crippen LogP contribution in [0.2, 0.25) is 0 Å². The third kappa shape index (κ3) is 0.575. The predicted molar refractivity (Wildman–Crippen MR) is 36.9 cm³/mol. The van der Waals surface area contributed by atoms with Crippen LogP contribution in [0.4, 0.5) is 0 Å². The fourth-order valence-corrected chi connectivity index (χ4v) is 1.68. The van der Waals surface area contributed by atoms with E-state index in [2.05, 4.69) is 36.3 Å². The average Bonchev–Trinajstić information content (AvgIpc) is 2.37. The van der Waals surface area contributed by atoms with Crippen LogP contribution >= 0.6 is 0 Å². The minimum absolute atomic E-state index is 0.694. The highest BCUT2D eigenvalue weighted by Crippen LogP contribution is 2.28. The Morgan fingerprint density at radius 3 is 1.78 bits per heavy atom. The monoisotopic (exact) mass is 124 g/mol. The van der Waals surface area contributed by atoms with Gasteiger partial charge in [0, 0.05) is 26.2 Å². The van der Waals surface area contributed by atoms with Crippen LogP contribution < -0.4 is 0 Å². The molecule has 2 rings (SSSR count). The summed E-state index contributed by atoms with van der Waals surface area (Å²) in [6.07, 6.45) is 5.89. The zero-order chi connectivity index (χ0) is 6.43. The normalized spacial score (nSPS) is 42.9. The van der Waals surface area contributed by atoms with E-state index in [4.69, 9.17) is 0 Å². The zero-order valence-corrected chi connectivity index (χ0v) is 5.91. The van der Waals surface area contributed by atoms with Crippen LogP contribution in [0.3, 0.4) is 0 Å². The Hall–Kier alpha value is -0.340. The number of nitrogens with zero attached hydrogens (tertiary/aromatic N) is 2. The van der Waals surface area contributed by atoms with Crippen molar-refractivity contribution in [2.24, 2.45) is 0 Å². The largest absolute Gasteiger partial charge is 0.238 e. The Morgan fingerprint density at radius 2 is 1.56 bits per heavy atom. The lowest BCUT2D eigenvalue weighted by molar-refractivity contribution is 0.0419. The van der Waals surface area contributed by atoms with E-state index in [-0.39, 0.29) is 0 Å². The molecule has 2 unspecified atom stereocenters. The molecule has 2 heteroatoms. The van der Waals surface area contributed by atoms with Crippen LogP contribution in [0.25, 0.3) is 0 Å². The van der Waals surface area contributed by atoms with E-state index in [1.165, 1.54) is 6.42 Å². The van der Waals surface area contributed by atoms with Gasteiger partial charge in [0.2, 0.25) is 0 Å². The quantitative estimate of drug-likeness (QED) is 0.433. The number of rotatable bonds is 0. The average molecular weight is 124 g/mol. The third-order valence-electron chi connectivity index (χ3n) is 2.50. The summed E-state index contributed by atoms with van der Waals surface area (Å²) in [6, 6.07) is 1.39. The van der Waals surface area contributed by atoms with Gasteiger partial charge in [0.05, 0.1) is 0 Å². The van der Waals surface area contributed by atoms with E-state index in [0.29, 0.717) is 12.1 Å². The lowest BCUT2D eigenvalue weighted by Crippen LogP contribution is -2.39. The van der Waals surface area contributed by atoms with E-state index in [1.54, 1.807) is 0 Å². The molecule has 0 N–H and O–H groups in total. The first-order chi connectivity index (χ1) is 4.29.